The fourth-order valence-corrected chi connectivity index (χ4v) is 1.58. The molecule has 18 heavy (non-hydrogen) atoms. The maximum Gasteiger partial charge on any atom is 0.418 e. The molecule has 0 heterocycles. The van der Waals surface area contributed by atoms with Crippen molar-refractivity contribution >= 4 is 23.2 Å². The Morgan fingerprint density at radius 3 is 2.61 bits per heavy atom. The number of hydrogen-bond acceptors (Lipinski definition) is 1. The molecule has 6 heteroatoms. The summed E-state index contributed by atoms with van der Waals surface area (Å²) in [5.41, 5.74) is -1.19. The van der Waals surface area contributed by atoms with E-state index in [1.165, 1.54) is 6.07 Å². The van der Waals surface area contributed by atoms with Crippen molar-refractivity contribution in [3.8, 4) is 0 Å². The molecule has 0 bridgehead atoms. The maximum absolute atomic E-state index is 12.7. The van der Waals surface area contributed by atoms with E-state index in [0.717, 1.165) is 18.6 Å². The van der Waals surface area contributed by atoms with Crippen molar-refractivity contribution in [1.29, 1.82) is 0 Å². The van der Waals surface area contributed by atoms with Crippen molar-refractivity contribution in [2.24, 2.45) is 0 Å². The molecule has 0 aromatic heterocycles. The van der Waals surface area contributed by atoms with Crippen LogP contribution in [-0.2, 0) is 11.0 Å². The molecule has 0 unspecified atom stereocenters. The van der Waals surface area contributed by atoms with Crippen LogP contribution in [0.3, 0.4) is 0 Å². The number of carbonyl (C=O) groups excluding carboxylic acids is 1. The van der Waals surface area contributed by atoms with E-state index >= 15 is 0 Å². The minimum atomic E-state index is -4.54. The zero-order valence-corrected chi connectivity index (χ0v) is 10.5. The number of amides is 1. The number of alkyl halides is 3. The van der Waals surface area contributed by atoms with Gasteiger partial charge in [0.1, 0.15) is 0 Å². The normalized spacial score (nSPS) is 11.4. The van der Waals surface area contributed by atoms with Crippen LogP contribution in [0, 0.1) is 0 Å². The average molecular weight is 280 g/mol. The second kappa shape index (κ2) is 6.09. The number of benzene rings is 1. The SMILES string of the molecule is CCCCC(=O)Nc1ccc(Cl)cc1C(F)(F)F. The minimum absolute atomic E-state index is 0.0196. The second-order valence-corrected chi connectivity index (χ2v) is 4.28. The van der Waals surface area contributed by atoms with Crippen molar-refractivity contribution in [2.75, 3.05) is 5.32 Å². The highest BCUT2D eigenvalue weighted by molar-refractivity contribution is 6.30. The molecule has 1 aromatic carbocycles. The van der Waals surface area contributed by atoms with Crippen LogP contribution in [-0.4, -0.2) is 5.91 Å². The third-order valence-corrected chi connectivity index (χ3v) is 2.55. The molecule has 1 N–H and O–H groups in total. The van der Waals surface area contributed by atoms with Crippen LogP contribution in [0.5, 0.6) is 0 Å². The molecule has 0 saturated heterocycles. The summed E-state index contributed by atoms with van der Waals surface area (Å²) in [7, 11) is 0. The van der Waals surface area contributed by atoms with Gasteiger partial charge in [0.25, 0.3) is 0 Å². The number of hydrogen-bond donors (Lipinski definition) is 1. The summed E-state index contributed by atoms with van der Waals surface area (Å²) in [4.78, 5) is 11.4. The van der Waals surface area contributed by atoms with E-state index in [1.54, 1.807) is 0 Å². The number of halogens is 4. The van der Waals surface area contributed by atoms with Crippen molar-refractivity contribution in [3.05, 3.63) is 28.8 Å². The lowest BCUT2D eigenvalue weighted by Crippen LogP contribution is -2.16. The average Bonchev–Trinajstić information content (AvgIpc) is 2.27. The predicted molar refractivity (Wildman–Crippen MR) is 64.6 cm³/mol. The lowest BCUT2D eigenvalue weighted by Gasteiger charge is -2.14. The van der Waals surface area contributed by atoms with Crippen LogP contribution in [0.15, 0.2) is 18.2 Å². The highest BCUT2D eigenvalue weighted by Crippen LogP contribution is 2.36. The van der Waals surface area contributed by atoms with Gasteiger partial charge in [0.05, 0.1) is 11.3 Å². The number of nitrogens with one attached hydrogen (secondary N) is 1. The zero-order valence-electron chi connectivity index (χ0n) is 9.77. The van der Waals surface area contributed by atoms with Gasteiger partial charge in [-0.3, -0.25) is 4.79 Å². The van der Waals surface area contributed by atoms with E-state index in [-0.39, 0.29) is 17.1 Å². The molecule has 1 aromatic rings. The molecule has 100 valence electrons. The molecule has 0 fully saturated rings. The van der Waals surface area contributed by atoms with Gasteiger partial charge < -0.3 is 5.32 Å². The Morgan fingerprint density at radius 2 is 2.06 bits per heavy atom. The largest absolute Gasteiger partial charge is 0.418 e. The Bertz CT molecular complexity index is 432. The Balaban J connectivity index is 2.92. The highest BCUT2D eigenvalue weighted by Gasteiger charge is 2.34. The van der Waals surface area contributed by atoms with E-state index in [1.807, 2.05) is 6.92 Å². The summed E-state index contributed by atoms with van der Waals surface area (Å²) in [6.45, 7) is 1.90. The summed E-state index contributed by atoms with van der Waals surface area (Å²) >= 11 is 5.53. The molecule has 0 radical (unpaired) electrons. The molecule has 0 aliphatic rings. The fourth-order valence-electron chi connectivity index (χ4n) is 1.41. The van der Waals surface area contributed by atoms with Crippen molar-refractivity contribution in [3.63, 3.8) is 0 Å². The quantitative estimate of drug-likeness (QED) is 0.864. The maximum atomic E-state index is 12.7. The molecule has 0 saturated carbocycles. The van der Waals surface area contributed by atoms with Crippen LogP contribution in [0.4, 0.5) is 18.9 Å². The van der Waals surface area contributed by atoms with Gasteiger partial charge in [-0.1, -0.05) is 24.9 Å². The predicted octanol–water partition coefficient (Wildman–Crippen LogP) is 4.49. The molecular weight excluding hydrogens is 267 g/mol. The Kier molecular flexibility index (Phi) is 5.02. The van der Waals surface area contributed by atoms with Gasteiger partial charge in [-0.25, -0.2) is 0 Å². The molecule has 1 amide bonds. The van der Waals surface area contributed by atoms with Crippen LogP contribution < -0.4 is 5.32 Å². The minimum Gasteiger partial charge on any atom is -0.326 e. The first kappa shape index (κ1) is 14.8. The summed E-state index contributed by atoms with van der Waals surface area (Å²) in [5.74, 6) is -0.426. The molecule has 0 aliphatic carbocycles. The number of unbranched alkanes of at least 4 members (excludes halogenated alkanes) is 1. The summed E-state index contributed by atoms with van der Waals surface area (Å²) in [6.07, 6.45) is -2.89. The smallest absolute Gasteiger partial charge is 0.326 e. The Hall–Kier alpha value is -1.23. The molecular formula is C12H13ClF3NO. The van der Waals surface area contributed by atoms with Crippen LogP contribution in [0.2, 0.25) is 5.02 Å². The van der Waals surface area contributed by atoms with Gasteiger partial charge >= 0.3 is 6.18 Å². The van der Waals surface area contributed by atoms with Gasteiger partial charge in [0.15, 0.2) is 0 Å². The van der Waals surface area contributed by atoms with Gasteiger partial charge in [-0.05, 0) is 24.6 Å². The second-order valence-electron chi connectivity index (χ2n) is 3.84. The van der Waals surface area contributed by atoms with Gasteiger partial charge in [-0.2, -0.15) is 13.2 Å². The third kappa shape index (κ3) is 4.22. The van der Waals surface area contributed by atoms with E-state index < -0.39 is 17.6 Å². The zero-order chi connectivity index (χ0) is 13.8. The first-order valence-corrected chi connectivity index (χ1v) is 5.89. The lowest BCUT2D eigenvalue weighted by molar-refractivity contribution is -0.137. The van der Waals surface area contributed by atoms with Crippen LogP contribution in [0.1, 0.15) is 31.7 Å². The van der Waals surface area contributed by atoms with Gasteiger partial charge in [-0.15, -0.1) is 0 Å². The number of anilines is 1. The third-order valence-electron chi connectivity index (χ3n) is 2.32. The first-order valence-electron chi connectivity index (χ1n) is 5.51. The van der Waals surface area contributed by atoms with Crippen molar-refractivity contribution in [2.45, 2.75) is 32.4 Å². The van der Waals surface area contributed by atoms with E-state index in [4.69, 9.17) is 11.6 Å². The van der Waals surface area contributed by atoms with E-state index in [9.17, 15) is 18.0 Å². The topological polar surface area (TPSA) is 29.1 Å². The van der Waals surface area contributed by atoms with Crippen LogP contribution >= 0.6 is 11.6 Å². The molecule has 0 spiro atoms. The highest BCUT2D eigenvalue weighted by atomic mass is 35.5. The van der Waals surface area contributed by atoms with Crippen molar-refractivity contribution < 1.29 is 18.0 Å². The summed E-state index contributed by atoms with van der Waals surface area (Å²) in [5, 5.41) is 2.24. The number of rotatable bonds is 4. The number of carbonyl (C=O) groups is 1. The Labute approximate surface area is 108 Å². The van der Waals surface area contributed by atoms with Crippen LogP contribution in [0.25, 0.3) is 0 Å². The lowest BCUT2D eigenvalue weighted by atomic mass is 10.1. The monoisotopic (exact) mass is 279 g/mol. The Morgan fingerprint density at radius 1 is 1.39 bits per heavy atom. The molecule has 0 aliphatic heterocycles. The molecule has 1 rings (SSSR count). The molecule has 2 nitrogen and oxygen atoms in total. The summed E-state index contributed by atoms with van der Waals surface area (Å²) < 4.78 is 38.2. The summed E-state index contributed by atoms with van der Waals surface area (Å²) in [6, 6.07) is 3.28. The van der Waals surface area contributed by atoms with E-state index in [2.05, 4.69) is 5.32 Å². The molecule has 0 atom stereocenters. The van der Waals surface area contributed by atoms with Crippen molar-refractivity contribution in [1.82, 2.24) is 0 Å². The standard InChI is InChI=1S/C12H13ClF3NO/c1-2-3-4-11(18)17-10-6-5-8(13)7-9(10)12(14,15)16/h5-7H,2-4H2,1H3,(H,17,18). The van der Waals surface area contributed by atoms with Gasteiger partial charge in [0, 0.05) is 11.4 Å². The van der Waals surface area contributed by atoms with E-state index in [0.29, 0.717) is 6.42 Å². The van der Waals surface area contributed by atoms with Gasteiger partial charge in [0.2, 0.25) is 5.91 Å². The fraction of sp³-hybridized carbons (Fsp3) is 0.417. The first-order chi connectivity index (χ1) is 8.34.